The smallest absolute Gasteiger partial charge is 0.160 e. The first kappa shape index (κ1) is 16.4. The summed E-state index contributed by atoms with van der Waals surface area (Å²) < 4.78 is 6.16. The van der Waals surface area contributed by atoms with Crippen molar-refractivity contribution < 1.29 is 4.74 Å². The number of hydrogen-bond acceptors (Lipinski definition) is 4. The van der Waals surface area contributed by atoms with Gasteiger partial charge in [-0.15, -0.1) is 0 Å². The molecule has 4 nitrogen and oxygen atoms in total. The van der Waals surface area contributed by atoms with Gasteiger partial charge in [-0.2, -0.15) is 0 Å². The van der Waals surface area contributed by atoms with Gasteiger partial charge in [-0.1, -0.05) is 20.3 Å². The van der Waals surface area contributed by atoms with E-state index in [1.54, 1.807) is 0 Å². The van der Waals surface area contributed by atoms with Crippen LogP contribution in [0.1, 0.15) is 64.4 Å². The van der Waals surface area contributed by atoms with Crippen LogP contribution in [0.15, 0.2) is 12.3 Å². The molecule has 1 saturated carbocycles. The summed E-state index contributed by atoms with van der Waals surface area (Å²) in [7, 11) is 0. The highest BCUT2D eigenvalue weighted by atomic mass is 16.5. The molecular formula is C17H29N3O. The van der Waals surface area contributed by atoms with Crippen LogP contribution in [-0.2, 0) is 16.9 Å². The molecular weight excluding hydrogens is 262 g/mol. The Labute approximate surface area is 128 Å². The molecule has 1 fully saturated rings. The summed E-state index contributed by atoms with van der Waals surface area (Å²) in [6, 6.07) is 2.00. The van der Waals surface area contributed by atoms with Gasteiger partial charge >= 0.3 is 0 Å². The maximum absolute atomic E-state index is 6.16. The Morgan fingerprint density at radius 3 is 3.00 bits per heavy atom. The third kappa shape index (κ3) is 4.24. The number of nitrogens with one attached hydrogen (secondary N) is 1. The van der Waals surface area contributed by atoms with E-state index in [0.29, 0.717) is 12.5 Å². The van der Waals surface area contributed by atoms with Gasteiger partial charge in [-0.3, -0.25) is 0 Å². The predicted octanol–water partition coefficient (Wildman–Crippen LogP) is 3.42. The van der Waals surface area contributed by atoms with Crippen LogP contribution >= 0.6 is 0 Å². The highest BCUT2D eigenvalue weighted by Crippen LogP contribution is 2.41. The highest BCUT2D eigenvalue weighted by molar-refractivity contribution is 5.10. The maximum Gasteiger partial charge on any atom is 0.160 e. The number of rotatable bonds is 7. The van der Waals surface area contributed by atoms with E-state index >= 15 is 0 Å². The zero-order chi connectivity index (χ0) is 15.1. The van der Waals surface area contributed by atoms with Crippen LogP contribution in [0.3, 0.4) is 0 Å². The molecule has 1 aliphatic carbocycles. The summed E-state index contributed by atoms with van der Waals surface area (Å²) in [5, 5.41) is 3.40. The van der Waals surface area contributed by atoms with Crippen molar-refractivity contribution in [2.75, 3.05) is 13.2 Å². The molecule has 1 heterocycles. The standard InChI is InChI=1S/C17H29N3O/c1-4-10-18-13-15-8-11-19-16(20-15)17(21-5-2)9-6-7-14(3)12-17/h8,11,14,18H,4-7,9-10,12-13H2,1-3H3. The Balaban J connectivity index is 2.17. The number of hydrogen-bond donors (Lipinski definition) is 1. The van der Waals surface area contributed by atoms with Crippen LogP contribution in [0.5, 0.6) is 0 Å². The summed E-state index contributed by atoms with van der Waals surface area (Å²) >= 11 is 0. The molecule has 0 spiro atoms. The summed E-state index contributed by atoms with van der Waals surface area (Å²) in [5.74, 6) is 1.56. The second-order valence-electron chi connectivity index (χ2n) is 6.18. The van der Waals surface area contributed by atoms with Crippen molar-refractivity contribution in [1.82, 2.24) is 15.3 Å². The summed E-state index contributed by atoms with van der Waals surface area (Å²) in [4.78, 5) is 9.35. The lowest BCUT2D eigenvalue weighted by Gasteiger charge is -2.38. The van der Waals surface area contributed by atoms with E-state index in [2.05, 4.69) is 31.1 Å². The van der Waals surface area contributed by atoms with E-state index in [9.17, 15) is 0 Å². The van der Waals surface area contributed by atoms with Crippen LogP contribution in [0.2, 0.25) is 0 Å². The third-order valence-corrected chi connectivity index (χ3v) is 4.23. The SMILES string of the molecule is CCCNCc1ccnc(C2(OCC)CCCC(C)C2)n1. The highest BCUT2D eigenvalue weighted by Gasteiger charge is 2.39. The average molecular weight is 291 g/mol. The van der Waals surface area contributed by atoms with Gasteiger partial charge < -0.3 is 10.1 Å². The minimum atomic E-state index is -0.271. The van der Waals surface area contributed by atoms with E-state index in [4.69, 9.17) is 9.72 Å². The molecule has 2 atom stereocenters. The Kier molecular flexibility index (Phi) is 6.12. The van der Waals surface area contributed by atoms with Crippen LogP contribution in [0.4, 0.5) is 0 Å². The molecule has 4 heteroatoms. The normalized spacial score (nSPS) is 26.0. The van der Waals surface area contributed by atoms with Gasteiger partial charge in [0.05, 0.1) is 5.69 Å². The number of nitrogens with zero attached hydrogens (tertiary/aromatic N) is 2. The fraction of sp³-hybridized carbons (Fsp3) is 0.765. The van der Waals surface area contributed by atoms with Gasteiger partial charge in [0, 0.05) is 19.3 Å². The topological polar surface area (TPSA) is 47.0 Å². The van der Waals surface area contributed by atoms with Crippen LogP contribution in [0, 0.1) is 5.92 Å². The van der Waals surface area contributed by atoms with Crippen LogP contribution in [-0.4, -0.2) is 23.1 Å². The molecule has 1 N–H and O–H groups in total. The van der Waals surface area contributed by atoms with Crippen LogP contribution < -0.4 is 5.32 Å². The molecule has 1 aliphatic rings. The molecule has 2 unspecified atom stereocenters. The summed E-state index contributed by atoms with van der Waals surface area (Å²) in [6.07, 6.45) is 7.57. The fourth-order valence-corrected chi connectivity index (χ4v) is 3.29. The summed E-state index contributed by atoms with van der Waals surface area (Å²) in [6.45, 7) is 9.08. The van der Waals surface area contributed by atoms with E-state index in [0.717, 1.165) is 43.9 Å². The van der Waals surface area contributed by atoms with E-state index < -0.39 is 0 Å². The third-order valence-electron chi connectivity index (χ3n) is 4.23. The second kappa shape index (κ2) is 7.85. The average Bonchev–Trinajstić information content (AvgIpc) is 2.48. The van der Waals surface area contributed by atoms with Gasteiger partial charge in [0.2, 0.25) is 0 Å². The van der Waals surface area contributed by atoms with Crippen LogP contribution in [0.25, 0.3) is 0 Å². The van der Waals surface area contributed by atoms with Gasteiger partial charge in [0.25, 0.3) is 0 Å². The lowest BCUT2D eigenvalue weighted by Crippen LogP contribution is -2.37. The Morgan fingerprint density at radius 1 is 1.43 bits per heavy atom. The molecule has 0 amide bonds. The monoisotopic (exact) mass is 291 g/mol. The molecule has 1 aromatic heterocycles. The van der Waals surface area contributed by atoms with Gasteiger partial charge in [-0.05, 0) is 51.1 Å². The van der Waals surface area contributed by atoms with E-state index in [-0.39, 0.29) is 5.60 Å². The quantitative estimate of drug-likeness (QED) is 0.782. The van der Waals surface area contributed by atoms with Crippen molar-refractivity contribution >= 4 is 0 Å². The molecule has 1 aromatic rings. The molecule has 2 rings (SSSR count). The zero-order valence-electron chi connectivity index (χ0n) is 13.7. The van der Waals surface area contributed by atoms with Crippen molar-refractivity contribution in [2.45, 2.75) is 65.0 Å². The first-order chi connectivity index (χ1) is 10.2. The first-order valence-corrected chi connectivity index (χ1v) is 8.37. The molecule has 118 valence electrons. The zero-order valence-corrected chi connectivity index (χ0v) is 13.7. The van der Waals surface area contributed by atoms with Crippen molar-refractivity contribution in [3.8, 4) is 0 Å². The minimum Gasteiger partial charge on any atom is -0.367 e. The second-order valence-corrected chi connectivity index (χ2v) is 6.18. The van der Waals surface area contributed by atoms with Crippen molar-refractivity contribution in [2.24, 2.45) is 5.92 Å². The Morgan fingerprint density at radius 2 is 2.29 bits per heavy atom. The molecule has 21 heavy (non-hydrogen) atoms. The first-order valence-electron chi connectivity index (χ1n) is 8.37. The lowest BCUT2D eigenvalue weighted by atomic mass is 9.78. The fourth-order valence-electron chi connectivity index (χ4n) is 3.29. The number of ether oxygens (including phenoxy) is 1. The molecule has 0 aliphatic heterocycles. The Hall–Kier alpha value is -1.00. The van der Waals surface area contributed by atoms with Gasteiger partial charge in [0.15, 0.2) is 5.82 Å². The lowest BCUT2D eigenvalue weighted by molar-refractivity contribution is -0.0882. The largest absolute Gasteiger partial charge is 0.367 e. The summed E-state index contributed by atoms with van der Waals surface area (Å²) in [5.41, 5.74) is 0.790. The van der Waals surface area contributed by atoms with Crippen molar-refractivity contribution in [3.63, 3.8) is 0 Å². The Bertz CT molecular complexity index is 434. The van der Waals surface area contributed by atoms with E-state index in [1.165, 1.54) is 12.8 Å². The minimum absolute atomic E-state index is 0.271. The van der Waals surface area contributed by atoms with Crippen molar-refractivity contribution in [1.29, 1.82) is 0 Å². The predicted molar refractivity (Wildman–Crippen MR) is 85.0 cm³/mol. The molecule has 0 aromatic carbocycles. The van der Waals surface area contributed by atoms with Crippen molar-refractivity contribution in [3.05, 3.63) is 23.8 Å². The van der Waals surface area contributed by atoms with E-state index in [1.807, 2.05) is 12.3 Å². The van der Waals surface area contributed by atoms with Gasteiger partial charge in [0.1, 0.15) is 5.60 Å². The molecule has 0 saturated heterocycles. The molecule has 0 bridgehead atoms. The maximum atomic E-state index is 6.16. The molecule has 0 radical (unpaired) electrons. The number of aromatic nitrogens is 2. The van der Waals surface area contributed by atoms with Gasteiger partial charge in [-0.25, -0.2) is 9.97 Å².